The lowest BCUT2D eigenvalue weighted by molar-refractivity contribution is -0.171. The van der Waals surface area contributed by atoms with Gasteiger partial charge < -0.3 is 18.9 Å². The fourth-order valence-electron chi connectivity index (χ4n) is 2.31. The fourth-order valence-corrected chi connectivity index (χ4v) is 2.31. The minimum absolute atomic E-state index is 0.617. The predicted molar refractivity (Wildman–Crippen MR) is 68.0 cm³/mol. The van der Waals surface area contributed by atoms with Crippen LogP contribution < -0.4 is 9.47 Å². The van der Waals surface area contributed by atoms with E-state index in [0.29, 0.717) is 24.7 Å². The van der Waals surface area contributed by atoms with E-state index >= 15 is 0 Å². The zero-order valence-electron chi connectivity index (χ0n) is 11.2. The van der Waals surface area contributed by atoms with Crippen molar-refractivity contribution in [2.75, 3.05) is 27.4 Å². The van der Waals surface area contributed by atoms with Crippen molar-refractivity contribution < 1.29 is 18.9 Å². The summed E-state index contributed by atoms with van der Waals surface area (Å²) in [6.45, 7) is 3.39. The molecule has 0 unspecified atom stereocenters. The number of hydrogen-bond acceptors (Lipinski definition) is 4. The second-order valence-corrected chi connectivity index (χ2v) is 4.27. The van der Waals surface area contributed by atoms with E-state index in [9.17, 15) is 0 Å². The Morgan fingerprint density at radius 3 is 2.33 bits per heavy atom. The average Bonchev–Trinajstić information content (AvgIpc) is 2.88. The summed E-state index contributed by atoms with van der Waals surface area (Å²) < 4.78 is 22.2. The second kappa shape index (κ2) is 5.59. The molecule has 1 aromatic carbocycles. The highest BCUT2D eigenvalue weighted by Gasteiger charge is 2.38. The number of hydrogen-bond donors (Lipinski definition) is 0. The predicted octanol–water partition coefficient (Wildman–Crippen LogP) is 2.70. The quantitative estimate of drug-likeness (QED) is 0.807. The van der Waals surface area contributed by atoms with E-state index in [1.165, 1.54) is 0 Å². The fraction of sp³-hybridized carbons (Fsp3) is 0.571. The van der Waals surface area contributed by atoms with Gasteiger partial charge in [-0.3, -0.25) is 0 Å². The first-order chi connectivity index (χ1) is 8.75. The van der Waals surface area contributed by atoms with Crippen LogP contribution in [0, 0.1) is 0 Å². The molecule has 0 aliphatic carbocycles. The SMILES string of the molecule is CCCC1(c2ccc(OC)c(OC)c2)OCCO1. The minimum Gasteiger partial charge on any atom is -0.493 e. The van der Waals surface area contributed by atoms with Gasteiger partial charge in [0.25, 0.3) is 0 Å². The molecular weight excluding hydrogens is 232 g/mol. The lowest BCUT2D eigenvalue weighted by Gasteiger charge is -2.28. The van der Waals surface area contributed by atoms with Gasteiger partial charge in [-0.2, -0.15) is 0 Å². The largest absolute Gasteiger partial charge is 0.493 e. The molecule has 4 heteroatoms. The third kappa shape index (κ3) is 2.31. The lowest BCUT2D eigenvalue weighted by atomic mass is 10.0. The Labute approximate surface area is 108 Å². The molecule has 1 aromatic rings. The first kappa shape index (κ1) is 13.2. The lowest BCUT2D eigenvalue weighted by Crippen LogP contribution is -2.26. The zero-order chi connectivity index (χ0) is 13.0. The van der Waals surface area contributed by atoms with Crippen LogP contribution in [0.2, 0.25) is 0 Å². The molecule has 1 saturated heterocycles. The smallest absolute Gasteiger partial charge is 0.195 e. The normalized spacial score (nSPS) is 17.7. The third-order valence-corrected chi connectivity index (χ3v) is 3.16. The Morgan fingerprint density at radius 2 is 1.78 bits per heavy atom. The van der Waals surface area contributed by atoms with Crippen molar-refractivity contribution in [2.24, 2.45) is 0 Å². The molecule has 1 aliphatic heterocycles. The molecule has 0 saturated carbocycles. The molecular formula is C14H20O4. The van der Waals surface area contributed by atoms with Crippen LogP contribution in [0.1, 0.15) is 25.3 Å². The molecule has 0 bridgehead atoms. The molecule has 1 aliphatic rings. The van der Waals surface area contributed by atoms with Gasteiger partial charge in [-0.15, -0.1) is 0 Å². The maximum atomic E-state index is 5.82. The van der Waals surface area contributed by atoms with Gasteiger partial charge in [-0.25, -0.2) is 0 Å². The maximum Gasteiger partial charge on any atom is 0.195 e. The molecule has 0 radical (unpaired) electrons. The van der Waals surface area contributed by atoms with Gasteiger partial charge >= 0.3 is 0 Å². The van der Waals surface area contributed by atoms with Crippen molar-refractivity contribution in [3.05, 3.63) is 23.8 Å². The Bertz CT molecular complexity index is 397. The summed E-state index contributed by atoms with van der Waals surface area (Å²) >= 11 is 0. The molecule has 18 heavy (non-hydrogen) atoms. The van der Waals surface area contributed by atoms with Crippen LogP contribution in [0.15, 0.2) is 18.2 Å². The Balaban J connectivity index is 2.36. The van der Waals surface area contributed by atoms with Crippen molar-refractivity contribution in [1.82, 2.24) is 0 Å². The van der Waals surface area contributed by atoms with Gasteiger partial charge in [0.05, 0.1) is 27.4 Å². The van der Waals surface area contributed by atoms with Crippen molar-refractivity contribution in [3.8, 4) is 11.5 Å². The molecule has 100 valence electrons. The Hall–Kier alpha value is -1.26. The van der Waals surface area contributed by atoms with Crippen molar-refractivity contribution in [2.45, 2.75) is 25.6 Å². The zero-order valence-corrected chi connectivity index (χ0v) is 11.2. The van der Waals surface area contributed by atoms with E-state index < -0.39 is 5.79 Å². The number of methoxy groups -OCH3 is 2. The van der Waals surface area contributed by atoms with Crippen molar-refractivity contribution >= 4 is 0 Å². The highest BCUT2D eigenvalue weighted by molar-refractivity contribution is 5.44. The standard InChI is InChI=1S/C14H20O4/c1-4-7-14(17-8-9-18-14)11-5-6-12(15-2)13(10-11)16-3/h5-6,10H,4,7-9H2,1-3H3. The van der Waals surface area contributed by atoms with E-state index in [-0.39, 0.29) is 0 Å². The van der Waals surface area contributed by atoms with Gasteiger partial charge in [-0.1, -0.05) is 13.3 Å². The molecule has 2 rings (SSSR count). The molecule has 0 amide bonds. The summed E-state index contributed by atoms with van der Waals surface area (Å²) in [4.78, 5) is 0. The molecule has 0 aromatic heterocycles. The van der Waals surface area contributed by atoms with Gasteiger partial charge in [0.15, 0.2) is 17.3 Å². The van der Waals surface area contributed by atoms with Crippen LogP contribution >= 0.6 is 0 Å². The summed E-state index contributed by atoms with van der Waals surface area (Å²) in [5.74, 6) is 0.796. The molecule has 0 atom stereocenters. The first-order valence-electron chi connectivity index (χ1n) is 6.26. The van der Waals surface area contributed by atoms with Gasteiger partial charge in [0, 0.05) is 12.0 Å². The van der Waals surface area contributed by atoms with E-state index in [2.05, 4.69) is 6.92 Å². The highest BCUT2D eigenvalue weighted by Crippen LogP contribution is 2.39. The Kier molecular flexibility index (Phi) is 4.09. The summed E-state index contributed by atoms with van der Waals surface area (Å²) in [7, 11) is 3.26. The van der Waals surface area contributed by atoms with Gasteiger partial charge in [0.1, 0.15) is 0 Å². The van der Waals surface area contributed by atoms with Crippen LogP contribution in [-0.4, -0.2) is 27.4 Å². The third-order valence-electron chi connectivity index (χ3n) is 3.16. The summed E-state index contributed by atoms with van der Waals surface area (Å²) in [5, 5.41) is 0. The molecule has 0 N–H and O–H groups in total. The van der Waals surface area contributed by atoms with Gasteiger partial charge in [0.2, 0.25) is 0 Å². The Morgan fingerprint density at radius 1 is 1.11 bits per heavy atom. The summed E-state index contributed by atoms with van der Waals surface area (Å²) in [6, 6.07) is 5.79. The second-order valence-electron chi connectivity index (χ2n) is 4.27. The number of benzene rings is 1. The molecule has 4 nitrogen and oxygen atoms in total. The van der Waals surface area contributed by atoms with E-state index in [4.69, 9.17) is 18.9 Å². The van der Waals surface area contributed by atoms with Crippen molar-refractivity contribution in [3.63, 3.8) is 0 Å². The average molecular weight is 252 g/mol. The highest BCUT2D eigenvalue weighted by atomic mass is 16.7. The van der Waals surface area contributed by atoms with E-state index in [0.717, 1.165) is 18.4 Å². The first-order valence-corrected chi connectivity index (χ1v) is 6.26. The van der Waals surface area contributed by atoms with Crippen LogP contribution in [0.3, 0.4) is 0 Å². The minimum atomic E-state index is -0.617. The topological polar surface area (TPSA) is 36.9 Å². The van der Waals surface area contributed by atoms with E-state index in [1.54, 1.807) is 14.2 Å². The molecule has 0 spiro atoms. The van der Waals surface area contributed by atoms with Crippen LogP contribution in [-0.2, 0) is 15.3 Å². The van der Waals surface area contributed by atoms with Crippen LogP contribution in [0.5, 0.6) is 11.5 Å². The van der Waals surface area contributed by atoms with Gasteiger partial charge in [-0.05, 0) is 18.2 Å². The number of rotatable bonds is 5. The maximum absolute atomic E-state index is 5.82. The summed E-state index contributed by atoms with van der Waals surface area (Å²) in [5.41, 5.74) is 0.986. The number of ether oxygens (including phenoxy) is 4. The van der Waals surface area contributed by atoms with Crippen molar-refractivity contribution in [1.29, 1.82) is 0 Å². The van der Waals surface area contributed by atoms with E-state index in [1.807, 2.05) is 18.2 Å². The monoisotopic (exact) mass is 252 g/mol. The summed E-state index contributed by atoms with van der Waals surface area (Å²) in [6.07, 6.45) is 1.83. The molecule has 1 heterocycles. The van der Waals surface area contributed by atoms with Crippen LogP contribution in [0.4, 0.5) is 0 Å². The molecule has 1 fully saturated rings. The van der Waals surface area contributed by atoms with Crippen LogP contribution in [0.25, 0.3) is 0 Å².